The number of nitrogens with one attached hydrogen (secondary N) is 1. The van der Waals surface area contributed by atoms with Crippen LogP contribution in [0.5, 0.6) is 0 Å². The minimum Gasteiger partial charge on any atom is -0.382 e. The number of piperidine rings is 1. The van der Waals surface area contributed by atoms with Crippen molar-refractivity contribution in [1.29, 1.82) is 0 Å². The molecule has 0 spiro atoms. The van der Waals surface area contributed by atoms with Crippen LogP contribution in [0.3, 0.4) is 0 Å². The number of likely N-dealkylation sites (N-methyl/N-ethyl adjacent to an activating group) is 1. The van der Waals surface area contributed by atoms with Crippen LogP contribution in [0.1, 0.15) is 40.5 Å². The van der Waals surface area contributed by atoms with Crippen molar-refractivity contribution < 1.29 is 18.0 Å². The van der Waals surface area contributed by atoms with Gasteiger partial charge in [-0.05, 0) is 50.7 Å². The number of alkyl halides is 3. The van der Waals surface area contributed by atoms with E-state index in [-0.39, 0.29) is 17.3 Å². The third-order valence-electron chi connectivity index (χ3n) is 6.35. The van der Waals surface area contributed by atoms with Crippen LogP contribution in [0.25, 0.3) is 16.8 Å². The zero-order valence-corrected chi connectivity index (χ0v) is 19.5. The van der Waals surface area contributed by atoms with E-state index in [2.05, 4.69) is 27.2 Å². The Kier molecular flexibility index (Phi) is 6.09. The van der Waals surface area contributed by atoms with Gasteiger partial charge in [0.15, 0.2) is 0 Å². The average Bonchev–Trinajstić information content (AvgIpc) is 3.25. The molecule has 4 aromatic rings. The van der Waals surface area contributed by atoms with E-state index in [0.717, 1.165) is 55.6 Å². The summed E-state index contributed by atoms with van der Waals surface area (Å²) in [6, 6.07) is 8.29. The van der Waals surface area contributed by atoms with Crippen LogP contribution in [0.2, 0.25) is 0 Å². The summed E-state index contributed by atoms with van der Waals surface area (Å²) >= 11 is 0. The van der Waals surface area contributed by atoms with Crippen LogP contribution < -0.4 is 11.1 Å². The largest absolute Gasteiger partial charge is 0.416 e. The number of nitrogen functional groups attached to an aromatic ring is 1. The van der Waals surface area contributed by atoms with Gasteiger partial charge < -0.3 is 16.0 Å². The lowest BCUT2D eigenvalue weighted by Gasteiger charge is -2.28. The van der Waals surface area contributed by atoms with Gasteiger partial charge in [0.1, 0.15) is 28.7 Å². The van der Waals surface area contributed by atoms with E-state index in [1.165, 1.54) is 0 Å². The molecular weight excluding hydrogens is 471 g/mol. The molecule has 1 aliphatic heterocycles. The van der Waals surface area contributed by atoms with Crippen molar-refractivity contribution in [1.82, 2.24) is 24.3 Å². The summed E-state index contributed by atoms with van der Waals surface area (Å²) in [6.07, 6.45) is 2.09. The third-order valence-corrected chi connectivity index (χ3v) is 6.35. The zero-order chi connectivity index (χ0) is 25.4. The van der Waals surface area contributed by atoms with Gasteiger partial charge in [-0.2, -0.15) is 13.2 Å². The SMILES string of the molecule is CN1CCCC(c2nc(-c3ccc(C(=O)Nc4cc(C(F)(F)F)ccn4)cc3)c3c(N)nccn23)C1. The van der Waals surface area contributed by atoms with Gasteiger partial charge in [0.25, 0.3) is 5.91 Å². The second kappa shape index (κ2) is 9.23. The second-order valence-electron chi connectivity index (χ2n) is 8.91. The number of amides is 1. The molecule has 1 aliphatic rings. The number of carbonyl (C=O) groups is 1. The van der Waals surface area contributed by atoms with Gasteiger partial charge in [0, 0.05) is 42.2 Å². The second-order valence-corrected chi connectivity index (χ2v) is 8.91. The fourth-order valence-corrected chi connectivity index (χ4v) is 4.60. The standard InChI is InChI=1S/C25H24F3N7O/c1-34-11-2-3-17(14-34)23-33-20(21-22(29)31-10-12-35(21)23)15-4-6-16(7-5-15)24(36)32-19-13-18(8-9-30-19)25(26,27)28/h4-10,12-13,17H,2-3,11,14H2,1H3,(H2,29,31)(H,30,32,36). The quantitative estimate of drug-likeness (QED) is 0.434. The van der Waals surface area contributed by atoms with Crippen LogP contribution in [-0.4, -0.2) is 50.3 Å². The zero-order valence-electron chi connectivity index (χ0n) is 19.5. The molecule has 0 aliphatic carbocycles. The highest BCUT2D eigenvalue weighted by molar-refractivity contribution is 6.04. The molecule has 36 heavy (non-hydrogen) atoms. The Bertz CT molecular complexity index is 1420. The van der Waals surface area contributed by atoms with E-state index in [1.54, 1.807) is 30.5 Å². The summed E-state index contributed by atoms with van der Waals surface area (Å²) in [7, 11) is 2.09. The third kappa shape index (κ3) is 4.61. The molecule has 1 saturated heterocycles. The van der Waals surface area contributed by atoms with Gasteiger partial charge in [-0.15, -0.1) is 0 Å². The minimum absolute atomic E-state index is 0.181. The molecule has 3 aromatic heterocycles. The maximum atomic E-state index is 12.9. The van der Waals surface area contributed by atoms with Crippen LogP contribution >= 0.6 is 0 Å². The van der Waals surface area contributed by atoms with Gasteiger partial charge in [0.2, 0.25) is 0 Å². The van der Waals surface area contributed by atoms with E-state index >= 15 is 0 Å². The Morgan fingerprint density at radius 1 is 1.14 bits per heavy atom. The average molecular weight is 496 g/mol. The Morgan fingerprint density at radius 3 is 2.64 bits per heavy atom. The van der Waals surface area contributed by atoms with Crippen molar-refractivity contribution in [3.05, 3.63) is 71.9 Å². The number of imidazole rings is 1. The van der Waals surface area contributed by atoms with Crippen LogP contribution in [0, 0.1) is 0 Å². The monoisotopic (exact) mass is 495 g/mol. The number of fused-ring (bicyclic) bond motifs is 1. The highest BCUT2D eigenvalue weighted by Crippen LogP contribution is 2.34. The van der Waals surface area contributed by atoms with Gasteiger partial charge in [-0.3, -0.25) is 9.20 Å². The normalized spacial score (nSPS) is 16.8. The summed E-state index contributed by atoms with van der Waals surface area (Å²) < 4.78 is 40.8. The molecule has 1 atom stereocenters. The summed E-state index contributed by atoms with van der Waals surface area (Å²) in [5, 5.41) is 2.42. The first-order valence-corrected chi connectivity index (χ1v) is 11.5. The molecule has 8 nitrogen and oxygen atoms in total. The number of rotatable bonds is 4. The van der Waals surface area contributed by atoms with Crippen molar-refractivity contribution in [3.63, 3.8) is 0 Å². The maximum Gasteiger partial charge on any atom is 0.416 e. The minimum atomic E-state index is -4.53. The molecule has 1 fully saturated rings. The van der Waals surface area contributed by atoms with Crippen molar-refractivity contribution in [2.75, 3.05) is 31.2 Å². The van der Waals surface area contributed by atoms with Crippen molar-refractivity contribution >= 4 is 23.1 Å². The smallest absolute Gasteiger partial charge is 0.382 e. The Hall–Kier alpha value is -3.99. The van der Waals surface area contributed by atoms with Gasteiger partial charge in [-0.25, -0.2) is 15.0 Å². The number of benzene rings is 1. The van der Waals surface area contributed by atoms with Crippen molar-refractivity contribution in [2.24, 2.45) is 0 Å². The molecule has 5 rings (SSSR count). The van der Waals surface area contributed by atoms with E-state index in [1.807, 2.05) is 10.6 Å². The summed E-state index contributed by atoms with van der Waals surface area (Å²) in [4.78, 5) is 27.9. The van der Waals surface area contributed by atoms with E-state index < -0.39 is 17.6 Å². The molecule has 1 amide bonds. The number of carbonyl (C=O) groups excluding carboxylic acids is 1. The van der Waals surface area contributed by atoms with E-state index in [9.17, 15) is 18.0 Å². The predicted molar refractivity (Wildman–Crippen MR) is 129 cm³/mol. The molecule has 186 valence electrons. The number of nitrogens with two attached hydrogens (primary N) is 1. The molecule has 0 saturated carbocycles. The fourth-order valence-electron chi connectivity index (χ4n) is 4.60. The van der Waals surface area contributed by atoms with Crippen LogP contribution in [0.4, 0.5) is 24.8 Å². The Morgan fingerprint density at radius 2 is 1.92 bits per heavy atom. The molecular formula is C25H24F3N7O. The van der Waals surface area contributed by atoms with Gasteiger partial charge in [0.05, 0.1) is 5.56 Å². The topological polar surface area (TPSA) is 101 Å². The number of pyridine rings is 1. The van der Waals surface area contributed by atoms with E-state index in [4.69, 9.17) is 10.7 Å². The summed E-state index contributed by atoms with van der Waals surface area (Å²) in [5.41, 5.74) is 7.72. The fraction of sp³-hybridized carbons (Fsp3) is 0.280. The number of hydrogen-bond acceptors (Lipinski definition) is 6. The van der Waals surface area contributed by atoms with Crippen LogP contribution in [0.15, 0.2) is 55.0 Å². The maximum absolute atomic E-state index is 12.9. The Balaban J connectivity index is 1.43. The van der Waals surface area contributed by atoms with Crippen molar-refractivity contribution in [3.8, 4) is 11.3 Å². The molecule has 1 aromatic carbocycles. The molecule has 0 radical (unpaired) electrons. The van der Waals surface area contributed by atoms with Gasteiger partial charge in [-0.1, -0.05) is 12.1 Å². The molecule has 1 unspecified atom stereocenters. The predicted octanol–water partition coefficient (Wildman–Crippen LogP) is 4.45. The van der Waals surface area contributed by atoms with Gasteiger partial charge >= 0.3 is 6.18 Å². The number of likely N-dealkylation sites (tertiary alicyclic amines) is 1. The molecule has 11 heteroatoms. The lowest BCUT2D eigenvalue weighted by Crippen LogP contribution is -2.31. The lowest BCUT2D eigenvalue weighted by molar-refractivity contribution is -0.137. The Labute approximate surface area is 205 Å². The van der Waals surface area contributed by atoms with Crippen LogP contribution in [-0.2, 0) is 6.18 Å². The number of aromatic nitrogens is 4. The molecule has 4 heterocycles. The highest BCUT2D eigenvalue weighted by atomic mass is 19.4. The first-order valence-electron chi connectivity index (χ1n) is 11.5. The highest BCUT2D eigenvalue weighted by Gasteiger charge is 2.31. The summed E-state index contributed by atoms with van der Waals surface area (Å²) in [6.45, 7) is 1.94. The number of halogens is 3. The molecule has 0 bridgehead atoms. The number of hydrogen-bond donors (Lipinski definition) is 2. The molecule has 3 N–H and O–H groups in total. The number of anilines is 2. The summed E-state index contributed by atoms with van der Waals surface area (Å²) in [5.74, 6) is 0.762. The first-order chi connectivity index (χ1) is 17.2. The van der Waals surface area contributed by atoms with E-state index in [0.29, 0.717) is 17.0 Å². The first kappa shape index (κ1) is 23.7. The van der Waals surface area contributed by atoms with Crippen molar-refractivity contribution in [2.45, 2.75) is 24.9 Å². The number of nitrogens with zero attached hydrogens (tertiary/aromatic N) is 5. The lowest BCUT2D eigenvalue weighted by atomic mass is 9.98.